The van der Waals surface area contributed by atoms with E-state index in [4.69, 9.17) is 18.9 Å². The van der Waals surface area contributed by atoms with Crippen LogP contribution in [0.4, 0.5) is 4.39 Å². The van der Waals surface area contributed by atoms with Gasteiger partial charge in [0.1, 0.15) is 29.4 Å². The normalized spacial score (nSPS) is 20.9. The van der Waals surface area contributed by atoms with Crippen molar-refractivity contribution in [3.63, 3.8) is 0 Å². The molecule has 186 valence electrons. The van der Waals surface area contributed by atoms with E-state index in [-0.39, 0.29) is 25.3 Å². The van der Waals surface area contributed by atoms with E-state index in [0.29, 0.717) is 46.2 Å². The van der Waals surface area contributed by atoms with Crippen LogP contribution < -0.4 is 5.32 Å². The number of morpholine rings is 1. The van der Waals surface area contributed by atoms with Gasteiger partial charge in [0.15, 0.2) is 12.2 Å². The van der Waals surface area contributed by atoms with Crippen molar-refractivity contribution in [2.24, 2.45) is 4.99 Å². The molecule has 2 N–H and O–H groups in total. The first-order chi connectivity index (χ1) is 16.8. The van der Waals surface area contributed by atoms with Crippen LogP contribution in [0.5, 0.6) is 0 Å². The molecule has 2 aromatic rings. The first-order valence-corrected chi connectivity index (χ1v) is 11.7. The van der Waals surface area contributed by atoms with Gasteiger partial charge >= 0.3 is 11.9 Å². The average molecular weight is 551 g/mol. The molecule has 1 fully saturated rings. The Kier molecular flexibility index (Phi) is 7.63. The highest BCUT2D eigenvalue weighted by atomic mass is 79.9. The van der Waals surface area contributed by atoms with Gasteiger partial charge in [0, 0.05) is 23.3 Å². The zero-order valence-corrected chi connectivity index (χ0v) is 20.7. The summed E-state index contributed by atoms with van der Waals surface area (Å²) < 4.78 is 30.3. The number of ether oxygens (including phenoxy) is 2. The maximum atomic E-state index is 13.9. The lowest BCUT2D eigenvalue weighted by atomic mass is 9.94. The molecule has 35 heavy (non-hydrogen) atoms. The van der Waals surface area contributed by atoms with Crippen molar-refractivity contribution in [3.05, 3.63) is 63.2 Å². The summed E-state index contributed by atoms with van der Waals surface area (Å²) in [5.74, 6) is -1.26. The zero-order valence-electron chi connectivity index (χ0n) is 19.1. The van der Waals surface area contributed by atoms with Crippen molar-refractivity contribution >= 4 is 33.7 Å². The molecule has 0 amide bonds. The maximum Gasteiger partial charge on any atom is 0.338 e. The van der Waals surface area contributed by atoms with Gasteiger partial charge in [-0.3, -0.25) is 14.7 Å². The van der Waals surface area contributed by atoms with E-state index in [1.54, 1.807) is 18.7 Å². The third-order valence-corrected chi connectivity index (χ3v) is 6.42. The van der Waals surface area contributed by atoms with Gasteiger partial charge in [-0.25, -0.2) is 14.2 Å². The minimum Gasteiger partial charge on any atom is -0.480 e. The summed E-state index contributed by atoms with van der Waals surface area (Å²) in [6, 6.07) is 2.34. The highest BCUT2D eigenvalue weighted by Crippen LogP contribution is 2.37. The first-order valence-electron chi connectivity index (χ1n) is 10.9. The van der Waals surface area contributed by atoms with E-state index in [0.717, 1.165) is 0 Å². The van der Waals surface area contributed by atoms with Crippen LogP contribution in [0.1, 0.15) is 30.0 Å². The fourth-order valence-electron chi connectivity index (χ4n) is 4.03. The fraction of sp³-hybridized carbons (Fsp3) is 0.391. The first kappa shape index (κ1) is 25.0. The second kappa shape index (κ2) is 10.7. The number of amidine groups is 1. The minimum absolute atomic E-state index is 0.0215. The second-order valence-electron chi connectivity index (χ2n) is 7.94. The Morgan fingerprint density at radius 2 is 2.20 bits per heavy atom. The largest absolute Gasteiger partial charge is 0.480 e. The number of carboxylic acid groups (broad SMARTS) is 1. The van der Waals surface area contributed by atoms with Crippen LogP contribution in [0.2, 0.25) is 0 Å². The molecule has 1 aromatic heterocycles. The minimum atomic E-state index is -1.03. The number of aliphatic imine (C=N–C) groups is 1. The van der Waals surface area contributed by atoms with Gasteiger partial charge in [0.2, 0.25) is 0 Å². The van der Waals surface area contributed by atoms with Crippen molar-refractivity contribution in [3.8, 4) is 0 Å². The van der Waals surface area contributed by atoms with E-state index < -0.39 is 29.8 Å². The molecule has 2 atom stereocenters. The lowest BCUT2D eigenvalue weighted by Gasteiger charge is -2.35. The number of esters is 1. The number of rotatable bonds is 7. The Morgan fingerprint density at radius 3 is 2.86 bits per heavy atom. The van der Waals surface area contributed by atoms with Gasteiger partial charge in [-0.15, -0.1) is 0 Å². The summed E-state index contributed by atoms with van der Waals surface area (Å²) in [5.41, 5.74) is 1.57. The van der Waals surface area contributed by atoms with Crippen LogP contribution >= 0.6 is 15.9 Å². The number of carbonyl (C=O) groups excluding carboxylic acids is 1. The van der Waals surface area contributed by atoms with Crippen LogP contribution in [-0.4, -0.2) is 71.7 Å². The summed E-state index contributed by atoms with van der Waals surface area (Å²) in [7, 11) is 0. The van der Waals surface area contributed by atoms with E-state index in [1.165, 1.54) is 24.6 Å². The van der Waals surface area contributed by atoms with Gasteiger partial charge in [-0.2, -0.15) is 0 Å². The monoisotopic (exact) mass is 550 g/mol. The Labute approximate surface area is 208 Å². The van der Waals surface area contributed by atoms with E-state index in [9.17, 15) is 19.1 Å². The zero-order chi connectivity index (χ0) is 25.1. The smallest absolute Gasteiger partial charge is 0.338 e. The van der Waals surface area contributed by atoms with Gasteiger partial charge in [0.25, 0.3) is 0 Å². The van der Waals surface area contributed by atoms with Crippen LogP contribution in [0, 0.1) is 12.7 Å². The molecule has 4 rings (SSSR count). The third-order valence-electron chi connectivity index (χ3n) is 5.73. The molecular formula is C23H24BrFN4O6. The third kappa shape index (κ3) is 5.29. The predicted molar refractivity (Wildman–Crippen MR) is 125 cm³/mol. The Morgan fingerprint density at radius 1 is 1.40 bits per heavy atom. The summed E-state index contributed by atoms with van der Waals surface area (Å²) in [6.07, 6.45) is 1.28. The molecule has 0 saturated carbocycles. The predicted octanol–water partition coefficient (Wildman–Crippen LogP) is 2.58. The number of aromatic nitrogens is 1. The van der Waals surface area contributed by atoms with Gasteiger partial charge < -0.3 is 24.3 Å². The van der Waals surface area contributed by atoms with Crippen LogP contribution in [0.3, 0.4) is 0 Å². The summed E-state index contributed by atoms with van der Waals surface area (Å²) >= 11 is 3.39. The number of hydrogen-bond acceptors (Lipinski definition) is 9. The molecule has 0 spiro atoms. The molecule has 2 aliphatic heterocycles. The lowest BCUT2D eigenvalue weighted by Crippen LogP contribution is -2.52. The lowest BCUT2D eigenvalue weighted by molar-refractivity contribution is -0.149. The Bertz CT molecular complexity index is 1200. The maximum absolute atomic E-state index is 13.9. The second-order valence-corrected chi connectivity index (χ2v) is 8.79. The number of benzene rings is 1. The van der Waals surface area contributed by atoms with E-state index >= 15 is 0 Å². The van der Waals surface area contributed by atoms with Crippen LogP contribution in [-0.2, 0) is 19.1 Å². The molecule has 2 aliphatic rings. The number of nitrogens with one attached hydrogen (secondary N) is 1. The standard InChI is InChI=1S/C23H24BrFN4O6/c1-3-34-23(32)18-16(9-29-6-7-33-10-17(29)22(30)31)27-21(19-12(2)35-11-26-19)28-20(18)14-5-4-13(25)8-15(14)24/h4-5,8,11,17,20H,3,6-7,9-10H2,1-2H3,(H,27,28)(H,30,31)/t17-,20-/m0/s1. The molecule has 3 heterocycles. The van der Waals surface area contributed by atoms with Gasteiger partial charge in [0.05, 0.1) is 25.4 Å². The molecule has 10 nitrogen and oxygen atoms in total. The SMILES string of the molecule is CCOC(=O)C1=C(CN2CCOC[C@H]2C(=O)O)NC(c2ncoc2C)=N[C@H]1c1ccc(F)cc1Br. The number of oxazole rings is 1. The molecule has 1 aromatic carbocycles. The number of hydrogen-bond donors (Lipinski definition) is 2. The van der Waals surface area contributed by atoms with Gasteiger partial charge in [-0.05, 0) is 31.5 Å². The van der Waals surface area contributed by atoms with Crippen molar-refractivity contribution in [1.82, 2.24) is 15.2 Å². The van der Waals surface area contributed by atoms with Crippen molar-refractivity contribution in [2.45, 2.75) is 25.9 Å². The summed E-state index contributed by atoms with van der Waals surface area (Å²) in [4.78, 5) is 35.7. The van der Waals surface area contributed by atoms with E-state index in [1.807, 2.05) is 0 Å². The number of nitrogens with zero attached hydrogens (tertiary/aromatic N) is 3. The number of halogens is 2. The van der Waals surface area contributed by atoms with Crippen molar-refractivity contribution < 1.29 is 33.0 Å². The highest BCUT2D eigenvalue weighted by Gasteiger charge is 2.37. The highest BCUT2D eigenvalue weighted by molar-refractivity contribution is 9.10. The number of aliphatic carboxylic acids is 1. The molecule has 0 bridgehead atoms. The van der Waals surface area contributed by atoms with Crippen LogP contribution in [0.15, 0.2) is 49.7 Å². The van der Waals surface area contributed by atoms with Crippen molar-refractivity contribution in [1.29, 1.82) is 0 Å². The molecule has 0 radical (unpaired) electrons. The molecule has 12 heteroatoms. The number of aryl methyl sites for hydroxylation is 1. The summed E-state index contributed by atoms with van der Waals surface area (Å²) in [5, 5.41) is 12.9. The average Bonchev–Trinajstić information content (AvgIpc) is 3.25. The van der Waals surface area contributed by atoms with Crippen molar-refractivity contribution in [2.75, 3.05) is 32.9 Å². The molecular weight excluding hydrogens is 527 g/mol. The quantitative estimate of drug-likeness (QED) is 0.500. The van der Waals surface area contributed by atoms with Crippen LogP contribution in [0.25, 0.3) is 0 Å². The fourth-order valence-corrected chi connectivity index (χ4v) is 4.60. The summed E-state index contributed by atoms with van der Waals surface area (Å²) in [6.45, 7) is 4.34. The topological polar surface area (TPSA) is 126 Å². The Hall–Kier alpha value is -3.09. The van der Waals surface area contributed by atoms with E-state index in [2.05, 4.69) is 26.2 Å². The number of carboxylic acids is 1. The molecule has 0 aliphatic carbocycles. The molecule has 1 saturated heterocycles. The molecule has 0 unspecified atom stereocenters. The number of carbonyl (C=O) groups is 2. The Balaban J connectivity index is 1.85. The van der Waals surface area contributed by atoms with Gasteiger partial charge in [-0.1, -0.05) is 22.0 Å².